The molecule has 5 heteroatoms. The van der Waals surface area contributed by atoms with Gasteiger partial charge in [0.25, 0.3) is 0 Å². The molecule has 0 fully saturated rings. The van der Waals surface area contributed by atoms with Crippen LogP contribution in [-0.2, 0) is 6.42 Å². The Hall–Kier alpha value is -1.88. The average molecular weight is 249 g/mol. The summed E-state index contributed by atoms with van der Waals surface area (Å²) >= 11 is 0. The van der Waals surface area contributed by atoms with Crippen molar-refractivity contribution in [3.05, 3.63) is 59.7 Å². The lowest BCUT2D eigenvalue weighted by atomic mass is 10.1. The van der Waals surface area contributed by atoms with Crippen LogP contribution in [0.1, 0.15) is 17.4 Å². The van der Waals surface area contributed by atoms with Crippen LogP contribution in [-0.4, -0.2) is 17.0 Å². The maximum atomic E-state index is 13.1. The summed E-state index contributed by atoms with van der Waals surface area (Å²) in [4.78, 5) is 8.26. The predicted octanol–water partition coefficient (Wildman–Crippen LogP) is 2.26. The van der Waals surface area contributed by atoms with E-state index in [0.29, 0.717) is 17.8 Å². The molecular weight excluding hydrogens is 236 g/mol. The van der Waals surface area contributed by atoms with Crippen molar-refractivity contribution in [1.82, 2.24) is 15.3 Å². The lowest BCUT2D eigenvalue weighted by molar-refractivity contribution is 0.543. The minimum absolute atomic E-state index is 0.174. The normalized spacial score (nSPS) is 12.4. The highest BCUT2D eigenvalue weighted by Crippen LogP contribution is 2.16. The molecule has 2 rings (SSSR count). The third kappa shape index (κ3) is 3.07. The molecule has 0 aliphatic heterocycles. The fourth-order valence-corrected chi connectivity index (χ4v) is 1.78. The van der Waals surface area contributed by atoms with Gasteiger partial charge < -0.3 is 5.32 Å². The van der Waals surface area contributed by atoms with Gasteiger partial charge in [-0.15, -0.1) is 0 Å². The fourth-order valence-electron chi connectivity index (χ4n) is 1.78. The highest BCUT2D eigenvalue weighted by molar-refractivity contribution is 5.20. The van der Waals surface area contributed by atoms with Crippen molar-refractivity contribution in [3.8, 4) is 0 Å². The van der Waals surface area contributed by atoms with Crippen molar-refractivity contribution in [1.29, 1.82) is 0 Å². The maximum absolute atomic E-state index is 13.1. The molecule has 0 amide bonds. The summed E-state index contributed by atoms with van der Waals surface area (Å²) in [5, 5.41) is 3.04. The zero-order valence-electron chi connectivity index (χ0n) is 9.90. The molecule has 0 saturated heterocycles. The lowest BCUT2D eigenvalue weighted by Gasteiger charge is -2.14. The molecule has 1 heterocycles. The largest absolute Gasteiger partial charge is 0.310 e. The van der Waals surface area contributed by atoms with Crippen LogP contribution in [0, 0.1) is 11.6 Å². The van der Waals surface area contributed by atoms with Crippen molar-refractivity contribution in [2.24, 2.45) is 0 Å². The average Bonchev–Trinajstić information content (AvgIpc) is 2.36. The fraction of sp³-hybridized carbons (Fsp3) is 0.231. The van der Waals surface area contributed by atoms with Crippen molar-refractivity contribution in [2.45, 2.75) is 12.5 Å². The van der Waals surface area contributed by atoms with Gasteiger partial charge in [0, 0.05) is 18.5 Å². The zero-order chi connectivity index (χ0) is 13.0. The van der Waals surface area contributed by atoms with Crippen LogP contribution in [0.3, 0.4) is 0 Å². The first-order valence-electron chi connectivity index (χ1n) is 5.58. The number of benzene rings is 1. The van der Waals surface area contributed by atoms with Gasteiger partial charge in [-0.1, -0.05) is 0 Å². The molecule has 0 aliphatic carbocycles. The Balaban J connectivity index is 2.20. The number of hydrogen-bond acceptors (Lipinski definition) is 3. The highest BCUT2D eigenvalue weighted by Gasteiger charge is 2.13. The minimum Gasteiger partial charge on any atom is -0.310 e. The van der Waals surface area contributed by atoms with Gasteiger partial charge in [-0.2, -0.15) is 0 Å². The van der Waals surface area contributed by atoms with Crippen LogP contribution >= 0.6 is 0 Å². The van der Waals surface area contributed by atoms with Crippen LogP contribution in [0.4, 0.5) is 8.78 Å². The zero-order valence-corrected chi connectivity index (χ0v) is 9.90. The van der Waals surface area contributed by atoms with Gasteiger partial charge in [-0.25, -0.2) is 18.7 Å². The molecule has 94 valence electrons. The van der Waals surface area contributed by atoms with E-state index in [-0.39, 0.29) is 6.04 Å². The predicted molar refractivity (Wildman–Crippen MR) is 63.9 cm³/mol. The van der Waals surface area contributed by atoms with Crippen LogP contribution < -0.4 is 5.32 Å². The van der Waals surface area contributed by atoms with Crippen molar-refractivity contribution < 1.29 is 8.78 Å². The number of likely N-dealkylation sites (N-methyl/N-ethyl adjacent to an activating group) is 1. The van der Waals surface area contributed by atoms with Crippen molar-refractivity contribution >= 4 is 0 Å². The molecule has 0 saturated carbocycles. The third-order valence-electron chi connectivity index (χ3n) is 2.61. The molecule has 0 spiro atoms. The second-order valence-electron chi connectivity index (χ2n) is 3.93. The monoisotopic (exact) mass is 249 g/mol. The van der Waals surface area contributed by atoms with Gasteiger partial charge in [0.1, 0.15) is 17.5 Å². The summed E-state index contributed by atoms with van der Waals surface area (Å²) in [6.07, 6.45) is 3.70. The van der Waals surface area contributed by atoms with Crippen molar-refractivity contribution in [2.75, 3.05) is 7.05 Å². The van der Waals surface area contributed by atoms with Crippen LogP contribution in [0.2, 0.25) is 0 Å². The number of halogens is 2. The Morgan fingerprint density at radius 1 is 1.11 bits per heavy atom. The van der Waals surface area contributed by atoms with Gasteiger partial charge in [0.05, 0.1) is 6.04 Å². The molecular formula is C13H13F2N3. The Bertz CT molecular complexity index is 497. The summed E-state index contributed by atoms with van der Waals surface area (Å²) in [7, 11) is 1.76. The van der Waals surface area contributed by atoms with E-state index in [9.17, 15) is 8.78 Å². The van der Waals surface area contributed by atoms with Crippen LogP contribution in [0.5, 0.6) is 0 Å². The van der Waals surface area contributed by atoms with E-state index in [1.807, 2.05) is 0 Å². The van der Waals surface area contributed by atoms with Gasteiger partial charge in [-0.05, 0) is 37.2 Å². The van der Waals surface area contributed by atoms with E-state index in [2.05, 4.69) is 15.3 Å². The molecule has 0 radical (unpaired) electrons. The van der Waals surface area contributed by atoms with Gasteiger partial charge in [-0.3, -0.25) is 0 Å². The second kappa shape index (κ2) is 5.64. The van der Waals surface area contributed by atoms with E-state index in [1.165, 1.54) is 12.1 Å². The first-order chi connectivity index (χ1) is 8.69. The highest BCUT2D eigenvalue weighted by atomic mass is 19.1. The summed E-state index contributed by atoms with van der Waals surface area (Å²) < 4.78 is 26.2. The SMILES string of the molecule is CNC(Cc1cc(F)cc(F)c1)c1ncccn1. The van der Waals surface area contributed by atoms with E-state index in [0.717, 1.165) is 6.07 Å². The number of nitrogens with one attached hydrogen (secondary N) is 1. The summed E-state index contributed by atoms with van der Waals surface area (Å²) in [5.41, 5.74) is 0.569. The first kappa shape index (κ1) is 12.6. The molecule has 1 N–H and O–H groups in total. The minimum atomic E-state index is -0.575. The topological polar surface area (TPSA) is 37.8 Å². The van der Waals surface area contributed by atoms with Crippen molar-refractivity contribution in [3.63, 3.8) is 0 Å². The first-order valence-corrected chi connectivity index (χ1v) is 5.58. The standard InChI is InChI=1S/C13H13F2N3/c1-16-12(13-17-3-2-4-18-13)7-9-5-10(14)8-11(15)6-9/h2-6,8,12,16H,7H2,1H3. The number of hydrogen-bond donors (Lipinski definition) is 1. The molecule has 1 aromatic carbocycles. The molecule has 18 heavy (non-hydrogen) atoms. The van der Waals surface area contributed by atoms with E-state index in [4.69, 9.17) is 0 Å². The molecule has 0 aliphatic rings. The van der Waals surface area contributed by atoms with Gasteiger partial charge in [0.15, 0.2) is 0 Å². The van der Waals surface area contributed by atoms with Gasteiger partial charge in [0.2, 0.25) is 0 Å². The molecule has 3 nitrogen and oxygen atoms in total. The maximum Gasteiger partial charge on any atom is 0.145 e. The van der Waals surface area contributed by atoms with Crippen LogP contribution in [0.15, 0.2) is 36.7 Å². The second-order valence-corrected chi connectivity index (χ2v) is 3.93. The van der Waals surface area contributed by atoms with E-state index in [1.54, 1.807) is 25.5 Å². The molecule has 1 atom stereocenters. The summed E-state index contributed by atoms with van der Waals surface area (Å²) in [5.74, 6) is -0.549. The Morgan fingerprint density at radius 2 is 1.72 bits per heavy atom. The smallest absolute Gasteiger partial charge is 0.145 e. The molecule has 1 unspecified atom stereocenters. The molecule has 0 bridgehead atoms. The van der Waals surface area contributed by atoms with E-state index >= 15 is 0 Å². The van der Waals surface area contributed by atoms with Gasteiger partial charge >= 0.3 is 0 Å². The molecule has 2 aromatic rings. The third-order valence-corrected chi connectivity index (χ3v) is 2.61. The van der Waals surface area contributed by atoms with Crippen LogP contribution in [0.25, 0.3) is 0 Å². The Labute approximate surface area is 104 Å². The number of aromatic nitrogens is 2. The quantitative estimate of drug-likeness (QED) is 0.903. The Kier molecular flexibility index (Phi) is 3.94. The summed E-state index contributed by atoms with van der Waals surface area (Å²) in [6.45, 7) is 0. The Morgan fingerprint density at radius 3 is 2.28 bits per heavy atom. The number of nitrogens with zero attached hydrogens (tertiary/aromatic N) is 2. The van der Waals surface area contributed by atoms with E-state index < -0.39 is 11.6 Å². The molecule has 1 aromatic heterocycles. The number of rotatable bonds is 4. The summed E-state index contributed by atoms with van der Waals surface area (Å²) in [6, 6.07) is 5.04. The lowest BCUT2D eigenvalue weighted by Crippen LogP contribution is -2.21.